The SMILES string of the molecule is Cc1ccc(NC(=O)C2CCCN(C(=O)c3ccoc3)C2)c(F)c1. The Morgan fingerprint density at radius 3 is 2.88 bits per heavy atom. The zero-order valence-corrected chi connectivity index (χ0v) is 13.4. The summed E-state index contributed by atoms with van der Waals surface area (Å²) in [5.74, 6) is -1.22. The lowest BCUT2D eigenvalue weighted by atomic mass is 9.96. The van der Waals surface area contributed by atoms with E-state index in [1.54, 1.807) is 30.0 Å². The van der Waals surface area contributed by atoms with E-state index in [0.717, 1.165) is 12.0 Å². The molecule has 0 radical (unpaired) electrons. The Kier molecular flexibility index (Phi) is 4.64. The average molecular weight is 330 g/mol. The molecule has 1 atom stereocenters. The van der Waals surface area contributed by atoms with E-state index in [4.69, 9.17) is 4.42 Å². The highest BCUT2D eigenvalue weighted by Crippen LogP contribution is 2.22. The summed E-state index contributed by atoms with van der Waals surface area (Å²) in [5, 5.41) is 2.63. The lowest BCUT2D eigenvalue weighted by molar-refractivity contribution is -0.121. The first kappa shape index (κ1) is 16.2. The van der Waals surface area contributed by atoms with Crippen molar-refractivity contribution in [1.82, 2.24) is 4.90 Å². The predicted molar refractivity (Wildman–Crippen MR) is 87.1 cm³/mol. The summed E-state index contributed by atoms with van der Waals surface area (Å²) in [6.45, 7) is 2.71. The molecule has 1 aromatic carbocycles. The van der Waals surface area contributed by atoms with Gasteiger partial charge in [0.25, 0.3) is 5.91 Å². The molecule has 126 valence electrons. The Balaban J connectivity index is 1.65. The van der Waals surface area contributed by atoms with Crippen molar-refractivity contribution in [2.45, 2.75) is 19.8 Å². The molecule has 0 bridgehead atoms. The highest BCUT2D eigenvalue weighted by molar-refractivity contribution is 5.96. The molecule has 2 heterocycles. The van der Waals surface area contributed by atoms with Crippen LogP contribution in [0.5, 0.6) is 0 Å². The summed E-state index contributed by atoms with van der Waals surface area (Å²) in [5.41, 5.74) is 1.43. The van der Waals surface area contributed by atoms with Crippen molar-refractivity contribution in [3.8, 4) is 0 Å². The van der Waals surface area contributed by atoms with Crippen molar-refractivity contribution < 1.29 is 18.4 Å². The van der Waals surface area contributed by atoms with E-state index in [1.807, 2.05) is 0 Å². The van der Waals surface area contributed by atoms with Gasteiger partial charge in [-0.25, -0.2) is 4.39 Å². The first-order valence-electron chi connectivity index (χ1n) is 7.93. The number of nitrogens with zero attached hydrogens (tertiary/aromatic N) is 1. The molecule has 2 amide bonds. The lowest BCUT2D eigenvalue weighted by Gasteiger charge is -2.31. The van der Waals surface area contributed by atoms with Crippen LogP contribution in [0.3, 0.4) is 0 Å². The third-order valence-electron chi connectivity index (χ3n) is 4.23. The number of amides is 2. The summed E-state index contributed by atoms with van der Waals surface area (Å²) in [6.07, 6.45) is 4.25. The van der Waals surface area contributed by atoms with Gasteiger partial charge >= 0.3 is 0 Å². The van der Waals surface area contributed by atoms with Gasteiger partial charge in [0.15, 0.2) is 0 Å². The Morgan fingerprint density at radius 1 is 1.33 bits per heavy atom. The van der Waals surface area contributed by atoms with E-state index in [-0.39, 0.29) is 23.4 Å². The fraction of sp³-hybridized carbons (Fsp3) is 0.333. The highest BCUT2D eigenvalue weighted by atomic mass is 19.1. The summed E-state index contributed by atoms with van der Waals surface area (Å²) in [7, 11) is 0. The molecule has 0 saturated carbocycles. The fourth-order valence-electron chi connectivity index (χ4n) is 2.90. The number of anilines is 1. The van der Waals surface area contributed by atoms with Gasteiger partial charge in [0.2, 0.25) is 5.91 Å². The van der Waals surface area contributed by atoms with E-state index in [1.165, 1.54) is 18.6 Å². The van der Waals surface area contributed by atoms with Crippen LogP contribution in [0.25, 0.3) is 0 Å². The van der Waals surface area contributed by atoms with Gasteiger partial charge in [-0.05, 0) is 43.5 Å². The first-order valence-corrected chi connectivity index (χ1v) is 7.93. The lowest BCUT2D eigenvalue weighted by Crippen LogP contribution is -2.43. The van der Waals surface area contributed by atoms with Crippen LogP contribution >= 0.6 is 0 Å². The molecule has 1 aliphatic heterocycles. The van der Waals surface area contributed by atoms with Gasteiger partial charge in [-0.1, -0.05) is 6.07 Å². The Bertz CT molecular complexity index is 743. The van der Waals surface area contributed by atoms with E-state index in [9.17, 15) is 14.0 Å². The Labute approximate surface area is 139 Å². The molecule has 1 N–H and O–H groups in total. The number of hydrogen-bond donors (Lipinski definition) is 1. The molecule has 3 rings (SSSR count). The monoisotopic (exact) mass is 330 g/mol. The number of nitrogens with one attached hydrogen (secondary N) is 1. The zero-order valence-electron chi connectivity index (χ0n) is 13.4. The Morgan fingerprint density at radius 2 is 2.17 bits per heavy atom. The van der Waals surface area contributed by atoms with E-state index in [2.05, 4.69) is 5.32 Å². The topological polar surface area (TPSA) is 62.6 Å². The number of aryl methyl sites for hydroxylation is 1. The molecule has 0 aliphatic carbocycles. The number of hydrogen-bond acceptors (Lipinski definition) is 3. The number of carbonyl (C=O) groups excluding carboxylic acids is 2. The van der Waals surface area contributed by atoms with E-state index in [0.29, 0.717) is 25.1 Å². The summed E-state index contributed by atoms with van der Waals surface area (Å²) >= 11 is 0. The average Bonchev–Trinajstić information content (AvgIpc) is 3.11. The number of halogens is 1. The molecule has 1 fully saturated rings. The van der Waals surface area contributed by atoms with Crippen LogP contribution in [-0.4, -0.2) is 29.8 Å². The molecule has 1 saturated heterocycles. The van der Waals surface area contributed by atoms with Crippen LogP contribution in [0, 0.1) is 18.7 Å². The van der Waals surface area contributed by atoms with Gasteiger partial charge in [-0.2, -0.15) is 0 Å². The van der Waals surface area contributed by atoms with Gasteiger partial charge in [0.1, 0.15) is 12.1 Å². The number of rotatable bonds is 3. The van der Waals surface area contributed by atoms with Gasteiger partial charge in [0.05, 0.1) is 23.4 Å². The molecule has 1 aromatic heterocycles. The number of furan rings is 1. The highest BCUT2D eigenvalue weighted by Gasteiger charge is 2.29. The van der Waals surface area contributed by atoms with Crippen LogP contribution in [0.1, 0.15) is 28.8 Å². The van der Waals surface area contributed by atoms with Crippen LogP contribution in [0.2, 0.25) is 0 Å². The van der Waals surface area contributed by atoms with Crippen molar-refractivity contribution >= 4 is 17.5 Å². The third-order valence-corrected chi connectivity index (χ3v) is 4.23. The molecule has 24 heavy (non-hydrogen) atoms. The maximum Gasteiger partial charge on any atom is 0.257 e. The van der Waals surface area contributed by atoms with Crippen molar-refractivity contribution in [2.75, 3.05) is 18.4 Å². The minimum atomic E-state index is -0.453. The maximum atomic E-state index is 13.9. The fourth-order valence-corrected chi connectivity index (χ4v) is 2.90. The number of piperidine rings is 1. The van der Waals surface area contributed by atoms with Crippen molar-refractivity contribution in [3.63, 3.8) is 0 Å². The minimum Gasteiger partial charge on any atom is -0.472 e. The normalized spacial score (nSPS) is 17.6. The molecular formula is C18H19FN2O3. The van der Waals surface area contributed by atoms with E-state index < -0.39 is 5.82 Å². The van der Waals surface area contributed by atoms with Gasteiger partial charge < -0.3 is 14.6 Å². The standard InChI is InChI=1S/C18H19FN2O3/c1-12-4-5-16(15(19)9-12)20-17(22)13-3-2-7-21(10-13)18(23)14-6-8-24-11-14/h4-6,8-9,11,13H,2-3,7,10H2,1H3,(H,20,22). The quantitative estimate of drug-likeness (QED) is 0.940. The predicted octanol–water partition coefficient (Wildman–Crippen LogP) is 3.22. The maximum absolute atomic E-state index is 13.9. The van der Waals surface area contributed by atoms with Crippen molar-refractivity contribution in [3.05, 3.63) is 53.7 Å². The smallest absolute Gasteiger partial charge is 0.257 e. The molecule has 5 nitrogen and oxygen atoms in total. The minimum absolute atomic E-state index is 0.150. The second-order valence-corrected chi connectivity index (χ2v) is 6.07. The second-order valence-electron chi connectivity index (χ2n) is 6.07. The molecule has 0 spiro atoms. The number of benzene rings is 1. The van der Waals surface area contributed by atoms with Gasteiger partial charge in [-0.15, -0.1) is 0 Å². The van der Waals surface area contributed by atoms with Gasteiger partial charge in [-0.3, -0.25) is 9.59 Å². The van der Waals surface area contributed by atoms with E-state index >= 15 is 0 Å². The third kappa shape index (κ3) is 3.48. The van der Waals surface area contributed by atoms with Crippen molar-refractivity contribution in [1.29, 1.82) is 0 Å². The van der Waals surface area contributed by atoms with Crippen LogP contribution < -0.4 is 5.32 Å². The first-order chi connectivity index (χ1) is 11.5. The van der Waals surface area contributed by atoms with Crippen LogP contribution in [0.15, 0.2) is 41.2 Å². The largest absolute Gasteiger partial charge is 0.472 e. The zero-order chi connectivity index (χ0) is 17.1. The second kappa shape index (κ2) is 6.86. The van der Waals surface area contributed by atoms with Gasteiger partial charge in [0, 0.05) is 13.1 Å². The van der Waals surface area contributed by atoms with Crippen molar-refractivity contribution in [2.24, 2.45) is 5.92 Å². The number of carbonyl (C=O) groups is 2. The molecule has 2 aromatic rings. The van der Waals surface area contributed by atoms with Crippen LogP contribution in [-0.2, 0) is 4.79 Å². The number of likely N-dealkylation sites (tertiary alicyclic amines) is 1. The molecule has 1 aliphatic rings. The van der Waals surface area contributed by atoms with Crippen LogP contribution in [0.4, 0.5) is 10.1 Å². The summed E-state index contributed by atoms with van der Waals surface area (Å²) < 4.78 is 18.8. The summed E-state index contributed by atoms with van der Waals surface area (Å²) in [6, 6.07) is 6.28. The molecule has 6 heteroatoms. The Hall–Kier alpha value is -2.63. The molecule has 1 unspecified atom stereocenters. The summed E-state index contributed by atoms with van der Waals surface area (Å²) in [4.78, 5) is 26.4. The molecular weight excluding hydrogens is 311 g/mol.